The van der Waals surface area contributed by atoms with Crippen molar-refractivity contribution in [1.29, 1.82) is 0 Å². The largest absolute Gasteiger partial charge is 0.455 e. The maximum absolute atomic E-state index is 7.06. The number of rotatable bonds is 7. The van der Waals surface area contributed by atoms with Crippen LogP contribution in [-0.4, -0.2) is 0 Å². The van der Waals surface area contributed by atoms with Gasteiger partial charge in [-0.15, -0.1) is 0 Å². The van der Waals surface area contributed by atoms with Crippen LogP contribution in [0, 0.1) is 0 Å². The summed E-state index contributed by atoms with van der Waals surface area (Å²) < 4.78 is 7.06. The molecule has 11 aromatic carbocycles. The van der Waals surface area contributed by atoms with Crippen molar-refractivity contribution in [2.75, 3.05) is 4.90 Å². The molecule has 2 heteroatoms. The van der Waals surface area contributed by atoms with Crippen molar-refractivity contribution in [2.45, 2.75) is 0 Å². The molecule has 1 aromatic heterocycles. The maximum Gasteiger partial charge on any atom is 0.143 e. The number of furan rings is 1. The van der Waals surface area contributed by atoms with E-state index >= 15 is 0 Å². The molecule has 0 spiro atoms. The van der Waals surface area contributed by atoms with Crippen molar-refractivity contribution in [1.82, 2.24) is 0 Å². The van der Waals surface area contributed by atoms with Gasteiger partial charge in [-0.05, 0) is 120 Å². The fourth-order valence-electron chi connectivity index (χ4n) is 9.49. The fourth-order valence-corrected chi connectivity index (χ4v) is 9.49. The van der Waals surface area contributed by atoms with E-state index in [1.165, 1.54) is 54.7 Å². The van der Waals surface area contributed by atoms with Gasteiger partial charge < -0.3 is 9.32 Å². The van der Waals surface area contributed by atoms with Gasteiger partial charge in [0.15, 0.2) is 0 Å². The Morgan fingerprint density at radius 3 is 1.32 bits per heavy atom. The van der Waals surface area contributed by atoms with Crippen LogP contribution >= 0.6 is 0 Å². The van der Waals surface area contributed by atoms with Crippen LogP contribution in [0.5, 0.6) is 0 Å². The van der Waals surface area contributed by atoms with Crippen molar-refractivity contribution >= 4 is 71.3 Å². The second-order valence-electron chi connectivity index (χ2n) is 16.0. The lowest BCUT2D eigenvalue weighted by molar-refractivity contribution is 0.673. The lowest BCUT2D eigenvalue weighted by Gasteiger charge is -2.26. The molecule has 0 saturated carbocycles. The molecule has 0 bridgehead atoms. The number of nitrogens with zero attached hydrogens (tertiary/aromatic N) is 1. The molecule has 0 saturated heterocycles. The van der Waals surface area contributed by atoms with E-state index in [2.05, 4.69) is 241 Å². The summed E-state index contributed by atoms with van der Waals surface area (Å²) in [5, 5.41) is 9.45. The van der Waals surface area contributed by atoms with E-state index in [9.17, 15) is 0 Å². The zero-order chi connectivity index (χ0) is 41.0. The molecule has 0 N–H and O–H groups in total. The molecule has 2 nitrogen and oxygen atoms in total. The molecule has 290 valence electrons. The van der Waals surface area contributed by atoms with Crippen LogP contribution in [0.4, 0.5) is 17.1 Å². The highest BCUT2D eigenvalue weighted by Gasteiger charge is 2.21. The third-order valence-electron chi connectivity index (χ3n) is 12.5. The first-order valence-electron chi connectivity index (χ1n) is 21.2. The number of fused-ring (bicyclic) bond motifs is 9. The predicted molar refractivity (Wildman–Crippen MR) is 263 cm³/mol. The molecule has 0 unspecified atom stereocenters. The van der Waals surface area contributed by atoms with Gasteiger partial charge in [0.2, 0.25) is 0 Å². The van der Waals surface area contributed by atoms with Gasteiger partial charge in [-0.2, -0.15) is 0 Å². The zero-order valence-electron chi connectivity index (χ0n) is 33.9. The van der Waals surface area contributed by atoms with Crippen LogP contribution in [0.25, 0.3) is 98.8 Å². The van der Waals surface area contributed by atoms with Crippen LogP contribution in [-0.2, 0) is 0 Å². The number of hydrogen-bond donors (Lipinski definition) is 0. The molecule has 12 aromatic rings. The van der Waals surface area contributed by atoms with E-state index in [1.54, 1.807) is 0 Å². The Labute approximate surface area is 360 Å². The summed E-state index contributed by atoms with van der Waals surface area (Å²) in [6.07, 6.45) is 0. The molecule has 0 atom stereocenters. The second-order valence-corrected chi connectivity index (χ2v) is 16.0. The van der Waals surface area contributed by atoms with Crippen molar-refractivity contribution < 1.29 is 4.42 Å². The Bertz CT molecular complexity index is 3500. The van der Waals surface area contributed by atoms with E-state index in [-0.39, 0.29) is 0 Å². The molecule has 12 rings (SSSR count). The highest BCUT2D eigenvalue weighted by atomic mass is 16.3. The summed E-state index contributed by atoms with van der Waals surface area (Å²) in [5.41, 5.74) is 14.4. The van der Waals surface area contributed by atoms with Crippen LogP contribution < -0.4 is 4.90 Å². The van der Waals surface area contributed by atoms with Crippen molar-refractivity contribution in [3.05, 3.63) is 237 Å². The van der Waals surface area contributed by atoms with Crippen molar-refractivity contribution in [3.8, 4) is 44.5 Å². The Balaban J connectivity index is 1.05. The van der Waals surface area contributed by atoms with E-state index in [0.717, 1.165) is 61.1 Å². The summed E-state index contributed by atoms with van der Waals surface area (Å²) in [6.45, 7) is 0. The summed E-state index contributed by atoms with van der Waals surface area (Å²) >= 11 is 0. The molecule has 0 fully saturated rings. The van der Waals surface area contributed by atoms with Crippen LogP contribution in [0.3, 0.4) is 0 Å². The van der Waals surface area contributed by atoms with Gasteiger partial charge in [0.05, 0.1) is 0 Å². The van der Waals surface area contributed by atoms with Gasteiger partial charge >= 0.3 is 0 Å². The minimum absolute atomic E-state index is 0.879. The van der Waals surface area contributed by atoms with Gasteiger partial charge in [0.25, 0.3) is 0 Å². The maximum atomic E-state index is 7.06. The van der Waals surface area contributed by atoms with Gasteiger partial charge in [0, 0.05) is 33.2 Å². The highest BCUT2D eigenvalue weighted by molar-refractivity contribution is 6.32. The summed E-state index contributed by atoms with van der Waals surface area (Å²) in [5.74, 6) is 0. The standard InChI is InChI=1S/C60H39NO/c1-3-14-40(15-4-1)42-26-32-47(33-27-42)61(48-34-28-43(29-35-48)41-16-5-2-6-17-41)49-36-30-45(31-37-49)56-38-46(51-25-13-19-44-18-7-8-20-50(44)51)39-57-58(56)59-54-23-11-9-21-52(54)53-22-10-12-24-55(53)60(59)62-57/h1-39H. The number of anilines is 3. The summed E-state index contributed by atoms with van der Waals surface area (Å²) in [7, 11) is 0. The Hall–Kier alpha value is -8.20. The summed E-state index contributed by atoms with van der Waals surface area (Å²) in [6, 6.07) is 85.2. The lowest BCUT2D eigenvalue weighted by atomic mass is 9.90. The van der Waals surface area contributed by atoms with Gasteiger partial charge in [-0.25, -0.2) is 0 Å². The number of benzene rings is 11. The molecule has 1 heterocycles. The predicted octanol–water partition coefficient (Wildman–Crippen LogP) is 17.2. The van der Waals surface area contributed by atoms with E-state index in [0.29, 0.717) is 0 Å². The molecular formula is C60H39NO. The third-order valence-corrected chi connectivity index (χ3v) is 12.5. The highest BCUT2D eigenvalue weighted by Crippen LogP contribution is 2.47. The zero-order valence-corrected chi connectivity index (χ0v) is 33.9. The van der Waals surface area contributed by atoms with Crippen LogP contribution in [0.1, 0.15) is 0 Å². The average Bonchev–Trinajstić information content (AvgIpc) is 3.75. The van der Waals surface area contributed by atoms with Crippen molar-refractivity contribution in [3.63, 3.8) is 0 Å². The Kier molecular flexibility index (Phi) is 8.53. The van der Waals surface area contributed by atoms with Gasteiger partial charge in [-0.1, -0.05) is 188 Å². The van der Waals surface area contributed by atoms with E-state index in [1.807, 2.05) is 0 Å². The lowest BCUT2D eigenvalue weighted by Crippen LogP contribution is -2.09. The summed E-state index contributed by atoms with van der Waals surface area (Å²) in [4.78, 5) is 2.35. The van der Waals surface area contributed by atoms with Crippen molar-refractivity contribution in [2.24, 2.45) is 0 Å². The fraction of sp³-hybridized carbons (Fsp3) is 0. The molecule has 0 aliphatic carbocycles. The topological polar surface area (TPSA) is 16.4 Å². The first kappa shape index (κ1) is 35.7. The third kappa shape index (κ3) is 6.04. The molecule has 0 radical (unpaired) electrons. The SMILES string of the molecule is c1ccc(-c2ccc(N(c3ccc(-c4ccccc4)cc3)c3ccc(-c4cc(-c5cccc6ccccc56)cc5oc6c7ccccc7c7ccccc7c6c45)cc3)cc2)cc1. The number of hydrogen-bond acceptors (Lipinski definition) is 2. The normalized spacial score (nSPS) is 11.5. The Morgan fingerprint density at radius 2 is 0.726 bits per heavy atom. The van der Waals surface area contributed by atoms with E-state index in [4.69, 9.17) is 4.42 Å². The molecule has 0 aliphatic heterocycles. The second kappa shape index (κ2) is 14.8. The molecule has 62 heavy (non-hydrogen) atoms. The Morgan fingerprint density at radius 1 is 0.274 bits per heavy atom. The minimum atomic E-state index is 0.879. The average molecular weight is 790 g/mol. The van der Waals surface area contributed by atoms with Gasteiger partial charge in [0.1, 0.15) is 11.2 Å². The molecule has 0 amide bonds. The molecular weight excluding hydrogens is 751 g/mol. The first-order valence-corrected chi connectivity index (χ1v) is 21.2. The van der Waals surface area contributed by atoms with Gasteiger partial charge in [-0.3, -0.25) is 0 Å². The van der Waals surface area contributed by atoms with E-state index < -0.39 is 0 Å². The first-order chi connectivity index (χ1) is 30.7. The van der Waals surface area contributed by atoms with Crippen LogP contribution in [0.2, 0.25) is 0 Å². The smallest absolute Gasteiger partial charge is 0.143 e. The minimum Gasteiger partial charge on any atom is -0.455 e. The monoisotopic (exact) mass is 789 g/mol. The van der Waals surface area contributed by atoms with Crippen LogP contribution in [0.15, 0.2) is 241 Å². The quantitative estimate of drug-likeness (QED) is 0.150. The molecule has 0 aliphatic rings.